The third-order valence-corrected chi connectivity index (χ3v) is 6.57. The van der Waals surface area contributed by atoms with Gasteiger partial charge in [-0.2, -0.15) is 0 Å². The number of fused-ring (bicyclic) bond motifs is 4. The van der Waals surface area contributed by atoms with Gasteiger partial charge in [-0.15, -0.1) is 0 Å². The molecule has 168 valence electrons. The highest BCUT2D eigenvalue weighted by atomic mass is 16.3. The normalized spacial score (nSPS) is 13.0. The maximum atomic E-state index is 10.5. The molecule has 1 aliphatic heterocycles. The number of nitrogens with zero attached hydrogens (tertiary/aromatic N) is 5. The van der Waals surface area contributed by atoms with Crippen molar-refractivity contribution in [3.05, 3.63) is 109 Å². The SMILES string of the molecule is Oc1ccccc1N1CN(c2cccc(-n3c4ccccc4c4ccccc43)n2)c2ncccc21. The van der Waals surface area contributed by atoms with E-state index in [1.165, 1.54) is 10.8 Å². The number of benzene rings is 3. The molecule has 3 aromatic heterocycles. The summed E-state index contributed by atoms with van der Waals surface area (Å²) in [5, 5.41) is 12.9. The van der Waals surface area contributed by atoms with Gasteiger partial charge in [0, 0.05) is 17.0 Å². The van der Waals surface area contributed by atoms with Crippen molar-refractivity contribution in [1.29, 1.82) is 0 Å². The standard InChI is InChI=1S/C29H21N5O/c35-26-15-6-5-13-24(26)32-19-33(29-25(32)14-8-18-30-29)27-16-7-17-28(31-27)34-22-11-3-1-9-20(22)21-10-2-4-12-23(21)34/h1-18,35H,19H2. The monoisotopic (exact) mass is 455 g/mol. The Morgan fingerprint density at radius 1 is 0.600 bits per heavy atom. The fourth-order valence-electron chi connectivity index (χ4n) is 5.03. The number of phenolic OH excluding ortho intramolecular Hbond substituents is 1. The molecular weight excluding hydrogens is 434 g/mol. The number of para-hydroxylation sites is 4. The Hall–Kier alpha value is -4.84. The first-order chi connectivity index (χ1) is 17.3. The summed E-state index contributed by atoms with van der Waals surface area (Å²) >= 11 is 0. The van der Waals surface area contributed by atoms with Crippen LogP contribution in [0.25, 0.3) is 27.6 Å². The molecule has 7 rings (SSSR count). The zero-order valence-electron chi connectivity index (χ0n) is 18.8. The molecule has 0 radical (unpaired) electrons. The third kappa shape index (κ3) is 2.97. The molecule has 6 aromatic rings. The van der Waals surface area contributed by atoms with Gasteiger partial charge in [0.2, 0.25) is 0 Å². The van der Waals surface area contributed by atoms with Gasteiger partial charge >= 0.3 is 0 Å². The number of pyridine rings is 2. The van der Waals surface area contributed by atoms with Gasteiger partial charge in [-0.1, -0.05) is 54.6 Å². The summed E-state index contributed by atoms with van der Waals surface area (Å²) in [6, 6.07) is 34.2. The largest absolute Gasteiger partial charge is 0.506 e. The van der Waals surface area contributed by atoms with Crippen LogP contribution in [0.1, 0.15) is 0 Å². The Labute approximate surface area is 201 Å². The highest BCUT2D eigenvalue weighted by molar-refractivity contribution is 6.09. The fraction of sp³-hybridized carbons (Fsp3) is 0.0345. The molecule has 0 atom stereocenters. The molecule has 1 aliphatic rings. The van der Waals surface area contributed by atoms with Crippen molar-refractivity contribution in [1.82, 2.24) is 14.5 Å². The molecule has 0 fully saturated rings. The van der Waals surface area contributed by atoms with Crippen molar-refractivity contribution in [2.24, 2.45) is 0 Å². The van der Waals surface area contributed by atoms with Gasteiger partial charge < -0.3 is 10.0 Å². The lowest BCUT2D eigenvalue weighted by atomic mass is 10.2. The van der Waals surface area contributed by atoms with Gasteiger partial charge in [-0.25, -0.2) is 9.97 Å². The van der Waals surface area contributed by atoms with Crippen LogP contribution in [-0.4, -0.2) is 26.3 Å². The zero-order valence-corrected chi connectivity index (χ0v) is 18.8. The minimum Gasteiger partial charge on any atom is -0.506 e. The molecular formula is C29H21N5O. The van der Waals surface area contributed by atoms with E-state index in [1.807, 2.05) is 48.5 Å². The van der Waals surface area contributed by atoms with Gasteiger partial charge in [0.05, 0.1) is 22.4 Å². The van der Waals surface area contributed by atoms with Crippen molar-refractivity contribution in [2.45, 2.75) is 0 Å². The van der Waals surface area contributed by atoms with Gasteiger partial charge in [0.1, 0.15) is 24.1 Å². The molecule has 1 N–H and O–H groups in total. The molecule has 35 heavy (non-hydrogen) atoms. The summed E-state index contributed by atoms with van der Waals surface area (Å²) in [7, 11) is 0. The van der Waals surface area contributed by atoms with E-state index in [0.29, 0.717) is 6.67 Å². The predicted octanol–water partition coefficient (Wildman–Crippen LogP) is 6.53. The molecule has 0 amide bonds. The Morgan fingerprint density at radius 3 is 2.03 bits per heavy atom. The first kappa shape index (κ1) is 19.6. The maximum absolute atomic E-state index is 10.5. The minimum absolute atomic E-state index is 0.233. The van der Waals surface area contributed by atoms with E-state index in [1.54, 1.807) is 12.3 Å². The molecule has 6 nitrogen and oxygen atoms in total. The fourth-order valence-corrected chi connectivity index (χ4v) is 5.03. The Kier molecular flexibility index (Phi) is 4.26. The lowest BCUT2D eigenvalue weighted by Crippen LogP contribution is -2.25. The van der Waals surface area contributed by atoms with Gasteiger partial charge in [-0.05, 0) is 48.5 Å². The Balaban J connectivity index is 1.38. The second-order valence-electron chi connectivity index (χ2n) is 8.56. The lowest BCUT2D eigenvalue weighted by Gasteiger charge is -2.22. The van der Waals surface area contributed by atoms with E-state index in [2.05, 4.69) is 67.9 Å². The van der Waals surface area contributed by atoms with Gasteiger partial charge in [-0.3, -0.25) is 9.47 Å². The van der Waals surface area contributed by atoms with Gasteiger partial charge in [0.25, 0.3) is 0 Å². The molecule has 0 spiro atoms. The van der Waals surface area contributed by atoms with Crippen molar-refractivity contribution < 1.29 is 5.11 Å². The van der Waals surface area contributed by atoms with Crippen LogP contribution in [0.5, 0.6) is 5.75 Å². The second kappa shape index (κ2) is 7.60. The van der Waals surface area contributed by atoms with Crippen LogP contribution in [0, 0.1) is 0 Å². The average Bonchev–Trinajstić information content (AvgIpc) is 3.46. The Morgan fingerprint density at radius 2 is 1.26 bits per heavy atom. The first-order valence-corrected chi connectivity index (χ1v) is 11.5. The number of rotatable bonds is 3. The highest BCUT2D eigenvalue weighted by Gasteiger charge is 2.31. The van der Waals surface area contributed by atoms with E-state index in [4.69, 9.17) is 4.98 Å². The Bertz CT molecular complexity index is 1670. The summed E-state index contributed by atoms with van der Waals surface area (Å²) in [5.41, 5.74) is 3.91. The quantitative estimate of drug-likeness (QED) is 0.329. The average molecular weight is 456 g/mol. The number of hydrogen-bond acceptors (Lipinski definition) is 5. The smallest absolute Gasteiger partial charge is 0.159 e. The second-order valence-corrected chi connectivity index (χ2v) is 8.56. The zero-order chi connectivity index (χ0) is 23.4. The number of phenols is 1. The summed E-state index contributed by atoms with van der Waals surface area (Å²) < 4.78 is 2.21. The van der Waals surface area contributed by atoms with Crippen LogP contribution in [-0.2, 0) is 0 Å². The molecule has 0 saturated carbocycles. The third-order valence-electron chi connectivity index (χ3n) is 6.57. The lowest BCUT2D eigenvalue weighted by molar-refractivity contribution is 0.476. The molecule has 6 heteroatoms. The minimum atomic E-state index is 0.233. The van der Waals surface area contributed by atoms with Crippen LogP contribution in [0.2, 0.25) is 0 Å². The molecule has 0 unspecified atom stereocenters. The number of anilines is 4. The van der Waals surface area contributed by atoms with E-state index >= 15 is 0 Å². The molecule has 0 saturated heterocycles. The van der Waals surface area contributed by atoms with Crippen molar-refractivity contribution in [3.63, 3.8) is 0 Å². The predicted molar refractivity (Wildman–Crippen MR) is 140 cm³/mol. The molecule has 0 aliphatic carbocycles. The summed E-state index contributed by atoms with van der Waals surface area (Å²) in [6.07, 6.45) is 1.79. The van der Waals surface area contributed by atoms with Crippen molar-refractivity contribution in [2.75, 3.05) is 16.5 Å². The number of aromatic hydroxyl groups is 1. The summed E-state index contributed by atoms with van der Waals surface area (Å²) in [6.45, 7) is 0.494. The van der Waals surface area contributed by atoms with Crippen LogP contribution in [0.15, 0.2) is 109 Å². The van der Waals surface area contributed by atoms with E-state index in [0.717, 1.165) is 39.9 Å². The van der Waals surface area contributed by atoms with Crippen molar-refractivity contribution in [3.8, 4) is 11.6 Å². The topological polar surface area (TPSA) is 57.4 Å². The summed E-state index contributed by atoms with van der Waals surface area (Å²) in [4.78, 5) is 13.9. The molecule has 0 bridgehead atoms. The molecule has 4 heterocycles. The van der Waals surface area contributed by atoms with Crippen molar-refractivity contribution >= 4 is 44.8 Å². The van der Waals surface area contributed by atoms with Crippen LogP contribution in [0.3, 0.4) is 0 Å². The first-order valence-electron chi connectivity index (χ1n) is 11.5. The summed E-state index contributed by atoms with van der Waals surface area (Å²) in [5.74, 6) is 2.68. The number of aromatic nitrogens is 3. The van der Waals surface area contributed by atoms with E-state index in [9.17, 15) is 5.11 Å². The highest BCUT2D eigenvalue weighted by Crippen LogP contribution is 2.44. The maximum Gasteiger partial charge on any atom is 0.159 e. The van der Waals surface area contributed by atoms with E-state index in [-0.39, 0.29) is 5.75 Å². The van der Waals surface area contributed by atoms with Crippen LogP contribution >= 0.6 is 0 Å². The van der Waals surface area contributed by atoms with Crippen LogP contribution < -0.4 is 9.80 Å². The van der Waals surface area contributed by atoms with E-state index < -0.39 is 0 Å². The number of hydrogen-bond donors (Lipinski definition) is 1. The van der Waals surface area contributed by atoms with Crippen LogP contribution in [0.4, 0.5) is 23.0 Å². The molecule has 3 aromatic carbocycles. The van der Waals surface area contributed by atoms with Gasteiger partial charge in [0.15, 0.2) is 5.82 Å².